The molecule has 0 fully saturated rings. The molecule has 5 nitrogen and oxygen atoms in total. The smallest absolute Gasteiger partial charge is 0.225 e. The summed E-state index contributed by atoms with van der Waals surface area (Å²) in [5.74, 6) is 0.756. The molecule has 1 aromatic carbocycles. The zero-order chi connectivity index (χ0) is 12.7. The standard InChI is InChI=1S/C12H9ClN4O/c1-7-6-14-12(13)17-11(7)15-10(16-17)8-2-4-9(18)5-3-8/h2-6,18H,1H3. The van der Waals surface area contributed by atoms with Gasteiger partial charge < -0.3 is 5.11 Å². The summed E-state index contributed by atoms with van der Waals surface area (Å²) in [5.41, 5.74) is 2.39. The highest BCUT2D eigenvalue weighted by Crippen LogP contribution is 2.21. The van der Waals surface area contributed by atoms with E-state index in [4.69, 9.17) is 11.6 Å². The third-order valence-electron chi connectivity index (χ3n) is 2.62. The minimum Gasteiger partial charge on any atom is -0.508 e. The fourth-order valence-corrected chi connectivity index (χ4v) is 1.86. The van der Waals surface area contributed by atoms with Crippen molar-refractivity contribution < 1.29 is 5.11 Å². The van der Waals surface area contributed by atoms with Gasteiger partial charge in [0.05, 0.1) is 0 Å². The number of hydrogen-bond acceptors (Lipinski definition) is 4. The molecule has 0 bridgehead atoms. The number of fused-ring (bicyclic) bond motifs is 1. The zero-order valence-corrected chi connectivity index (χ0v) is 10.3. The fourth-order valence-electron chi connectivity index (χ4n) is 1.69. The van der Waals surface area contributed by atoms with Crippen molar-refractivity contribution >= 4 is 17.2 Å². The molecule has 0 spiro atoms. The van der Waals surface area contributed by atoms with E-state index < -0.39 is 0 Å². The number of aromatic nitrogens is 4. The van der Waals surface area contributed by atoms with Crippen LogP contribution in [0.3, 0.4) is 0 Å². The number of aryl methyl sites for hydroxylation is 1. The van der Waals surface area contributed by atoms with E-state index in [0.29, 0.717) is 11.5 Å². The number of phenols is 1. The highest BCUT2D eigenvalue weighted by Gasteiger charge is 2.11. The molecule has 0 radical (unpaired) electrons. The van der Waals surface area contributed by atoms with Gasteiger partial charge in [-0.15, -0.1) is 5.10 Å². The Labute approximate surface area is 108 Å². The number of hydrogen-bond donors (Lipinski definition) is 1. The molecule has 0 amide bonds. The van der Waals surface area contributed by atoms with Crippen LogP contribution >= 0.6 is 11.6 Å². The third kappa shape index (κ3) is 1.69. The SMILES string of the molecule is Cc1cnc(Cl)n2nc(-c3ccc(O)cc3)nc12. The van der Waals surface area contributed by atoms with Crippen LogP contribution in [-0.4, -0.2) is 24.7 Å². The molecule has 0 unspecified atom stereocenters. The van der Waals surface area contributed by atoms with E-state index in [0.717, 1.165) is 11.1 Å². The Morgan fingerprint density at radius 1 is 1.22 bits per heavy atom. The van der Waals surface area contributed by atoms with Crippen LogP contribution in [0.5, 0.6) is 5.75 Å². The summed E-state index contributed by atoms with van der Waals surface area (Å²) >= 11 is 5.96. The largest absolute Gasteiger partial charge is 0.508 e. The highest BCUT2D eigenvalue weighted by molar-refractivity contribution is 6.28. The summed E-state index contributed by atoms with van der Waals surface area (Å²) in [6, 6.07) is 6.68. The molecule has 3 aromatic rings. The van der Waals surface area contributed by atoms with E-state index in [1.807, 2.05) is 6.92 Å². The Morgan fingerprint density at radius 3 is 2.61 bits per heavy atom. The van der Waals surface area contributed by atoms with Gasteiger partial charge in [-0.3, -0.25) is 0 Å². The Kier molecular flexibility index (Phi) is 2.41. The maximum absolute atomic E-state index is 9.25. The first-order chi connectivity index (χ1) is 8.65. The van der Waals surface area contributed by atoms with Crippen molar-refractivity contribution in [1.29, 1.82) is 0 Å². The molecular weight excluding hydrogens is 252 g/mol. The Morgan fingerprint density at radius 2 is 1.94 bits per heavy atom. The van der Waals surface area contributed by atoms with Crippen molar-refractivity contribution in [2.45, 2.75) is 6.92 Å². The zero-order valence-electron chi connectivity index (χ0n) is 9.50. The number of nitrogens with zero attached hydrogens (tertiary/aromatic N) is 4. The van der Waals surface area contributed by atoms with E-state index in [1.165, 1.54) is 4.52 Å². The van der Waals surface area contributed by atoms with E-state index in [2.05, 4.69) is 15.1 Å². The van der Waals surface area contributed by atoms with Gasteiger partial charge in [0.25, 0.3) is 0 Å². The van der Waals surface area contributed by atoms with Crippen molar-refractivity contribution in [2.75, 3.05) is 0 Å². The summed E-state index contributed by atoms with van der Waals surface area (Å²) in [5, 5.41) is 13.8. The van der Waals surface area contributed by atoms with Gasteiger partial charge in [-0.2, -0.15) is 4.52 Å². The fraction of sp³-hybridized carbons (Fsp3) is 0.0833. The van der Waals surface area contributed by atoms with Gasteiger partial charge >= 0.3 is 0 Å². The maximum Gasteiger partial charge on any atom is 0.225 e. The molecule has 3 rings (SSSR count). The molecule has 18 heavy (non-hydrogen) atoms. The second-order valence-electron chi connectivity index (χ2n) is 3.93. The molecule has 1 N–H and O–H groups in total. The lowest BCUT2D eigenvalue weighted by molar-refractivity contribution is 0.475. The van der Waals surface area contributed by atoms with Crippen molar-refractivity contribution in [1.82, 2.24) is 19.6 Å². The minimum atomic E-state index is 0.207. The predicted octanol–water partition coefficient (Wildman–Crippen LogP) is 2.46. The number of rotatable bonds is 1. The topological polar surface area (TPSA) is 63.3 Å². The van der Waals surface area contributed by atoms with E-state index in [-0.39, 0.29) is 11.0 Å². The Balaban J connectivity index is 2.22. The molecule has 0 saturated carbocycles. The Hall–Kier alpha value is -2.14. The third-order valence-corrected chi connectivity index (χ3v) is 2.88. The molecule has 2 heterocycles. The van der Waals surface area contributed by atoms with Crippen molar-refractivity contribution in [2.24, 2.45) is 0 Å². The van der Waals surface area contributed by atoms with Gasteiger partial charge in [0, 0.05) is 17.3 Å². The second-order valence-corrected chi connectivity index (χ2v) is 4.27. The van der Waals surface area contributed by atoms with Crippen LogP contribution in [0.15, 0.2) is 30.5 Å². The molecule has 0 saturated heterocycles. The van der Waals surface area contributed by atoms with E-state index in [1.54, 1.807) is 30.5 Å². The summed E-state index contributed by atoms with van der Waals surface area (Å²) in [7, 11) is 0. The van der Waals surface area contributed by atoms with Crippen LogP contribution in [0.2, 0.25) is 5.28 Å². The number of halogens is 1. The first-order valence-corrected chi connectivity index (χ1v) is 5.70. The first kappa shape index (κ1) is 11.0. The Bertz CT molecular complexity index is 682. The molecule has 0 aliphatic carbocycles. The van der Waals surface area contributed by atoms with Gasteiger partial charge in [0.2, 0.25) is 5.28 Å². The summed E-state index contributed by atoms with van der Waals surface area (Å²) < 4.78 is 1.50. The first-order valence-electron chi connectivity index (χ1n) is 5.32. The van der Waals surface area contributed by atoms with Gasteiger partial charge in [-0.1, -0.05) is 0 Å². The van der Waals surface area contributed by atoms with Crippen LogP contribution < -0.4 is 0 Å². The lowest BCUT2D eigenvalue weighted by Crippen LogP contribution is -1.94. The summed E-state index contributed by atoms with van der Waals surface area (Å²) in [4.78, 5) is 8.43. The molecule has 0 atom stereocenters. The molecule has 2 aromatic heterocycles. The monoisotopic (exact) mass is 260 g/mol. The molecule has 0 aliphatic rings. The minimum absolute atomic E-state index is 0.207. The van der Waals surface area contributed by atoms with Gasteiger partial charge in [0.15, 0.2) is 11.5 Å². The van der Waals surface area contributed by atoms with Crippen molar-refractivity contribution in [3.05, 3.63) is 41.3 Å². The summed E-state index contributed by atoms with van der Waals surface area (Å²) in [6.45, 7) is 1.90. The molecule has 0 aliphatic heterocycles. The van der Waals surface area contributed by atoms with E-state index >= 15 is 0 Å². The second kappa shape index (κ2) is 3.96. The number of benzene rings is 1. The van der Waals surface area contributed by atoms with Crippen LogP contribution in [0.1, 0.15) is 5.56 Å². The number of aromatic hydroxyl groups is 1. The van der Waals surface area contributed by atoms with Crippen LogP contribution in [-0.2, 0) is 0 Å². The number of phenolic OH excluding ortho intramolecular Hbond substituents is 1. The predicted molar refractivity (Wildman–Crippen MR) is 67.6 cm³/mol. The molecule has 6 heteroatoms. The van der Waals surface area contributed by atoms with Crippen LogP contribution in [0.25, 0.3) is 17.0 Å². The lowest BCUT2D eigenvalue weighted by Gasteiger charge is -1.95. The normalized spacial score (nSPS) is 11.0. The quantitative estimate of drug-likeness (QED) is 0.683. The summed E-state index contributed by atoms with van der Waals surface area (Å²) in [6.07, 6.45) is 1.66. The maximum atomic E-state index is 9.25. The average molecular weight is 261 g/mol. The van der Waals surface area contributed by atoms with Crippen molar-refractivity contribution in [3.8, 4) is 17.1 Å². The molecular formula is C12H9ClN4O. The van der Waals surface area contributed by atoms with Gasteiger partial charge in [-0.05, 0) is 42.8 Å². The van der Waals surface area contributed by atoms with Crippen molar-refractivity contribution in [3.63, 3.8) is 0 Å². The van der Waals surface area contributed by atoms with Crippen LogP contribution in [0.4, 0.5) is 0 Å². The van der Waals surface area contributed by atoms with Gasteiger partial charge in [0.1, 0.15) is 5.75 Å². The highest BCUT2D eigenvalue weighted by atomic mass is 35.5. The lowest BCUT2D eigenvalue weighted by atomic mass is 10.2. The molecule has 90 valence electrons. The van der Waals surface area contributed by atoms with Crippen LogP contribution in [0, 0.1) is 6.92 Å². The van der Waals surface area contributed by atoms with E-state index in [9.17, 15) is 5.11 Å². The van der Waals surface area contributed by atoms with Gasteiger partial charge in [-0.25, -0.2) is 9.97 Å². The average Bonchev–Trinajstić information content (AvgIpc) is 2.81.